The highest BCUT2D eigenvalue weighted by Crippen LogP contribution is 2.30. The molecule has 4 rings (SSSR count). The first-order valence-electron chi connectivity index (χ1n) is 11.5. The van der Waals surface area contributed by atoms with Gasteiger partial charge in [0.2, 0.25) is 11.9 Å². The number of allylic oxidation sites excluding steroid dienone is 1. The fourth-order valence-corrected chi connectivity index (χ4v) is 3.84. The molecule has 3 heterocycles. The average molecular weight is 484 g/mol. The zero-order chi connectivity index (χ0) is 24.8. The van der Waals surface area contributed by atoms with Gasteiger partial charge in [0.25, 0.3) is 0 Å². The molecular weight excluding hydrogens is 455 g/mol. The van der Waals surface area contributed by atoms with E-state index in [1.54, 1.807) is 18.2 Å². The number of aliphatic imine (C=N–C) groups is 1. The van der Waals surface area contributed by atoms with Crippen molar-refractivity contribution in [3.05, 3.63) is 65.0 Å². The molecule has 1 saturated heterocycles. The molecule has 1 aromatic carbocycles. The fourth-order valence-electron chi connectivity index (χ4n) is 3.84. The van der Waals surface area contributed by atoms with Crippen LogP contribution in [0.1, 0.15) is 30.3 Å². The first-order chi connectivity index (χ1) is 16.8. The van der Waals surface area contributed by atoms with Crippen LogP contribution in [0.15, 0.2) is 53.1 Å². The maximum atomic E-state index is 13.1. The Morgan fingerprint density at radius 1 is 1.00 bits per heavy atom. The smallest absolute Gasteiger partial charge is 0.339 e. The van der Waals surface area contributed by atoms with Gasteiger partial charge < -0.3 is 15.1 Å². The Morgan fingerprint density at radius 3 is 2.66 bits per heavy atom. The van der Waals surface area contributed by atoms with E-state index in [1.165, 1.54) is 6.07 Å². The van der Waals surface area contributed by atoms with Crippen LogP contribution in [0.4, 0.5) is 25.1 Å². The Balaban J connectivity index is 1.63. The van der Waals surface area contributed by atoms with Crippen LogP contribution < -0.4 is 10.2 Å². The van der Waals surface area contributed by atoms with Crippen molar-refractivity contribution in [1.82, 2.24) is 19.9 Å². The molecule has 0 atom stereocenters. The molecule has 1 fully saturated rings. The molecule has 0 saturated carbocycles. The second-order valence-corrected chi connectivity index (χ2v) is 8.46. The summed E-state index contributed by atoms with van der Waals surface area (Å²) in [6.07, 6.45) is 5.64. The molecule has 10 heteroatoms. The molecule has 2 aliphatic rings. The number of amidine groups is 1. The quantitative estimate of drug-likeness (QED) is 0.674. The molecular formula is C25H28F3N7. The topological polar surface area (TPSA) is 69.5 Å². The monoisotopic (exact) mass is 483 g/mol. The number of alkyl halides is 3. The zero-order valence-electron chi connectivity index (χ0n) is 19.8. The van der Waals surface area contributed by atoms with E-state index in [1.807, 2.05) is 25.2 Å². The number of rotatable bonds is 5. The Kier molecular flexibility index (Phi) is 7.60. The number of nitrogens with one attached hydrogen (secondary N) is 1. The second-order valence-electron chi connectivity index (χ2n) is 8.46. The van der Waals surface area contributed by atoms with Gasteiger partial charge in [-0.1, -0.05) is 30.4 Å². The highest BCUT2D eigenvalue weighted by Gasteiger charge is 2.30. The van der Waals surface area contributed by atoms with Gasteiger partial charge in [0.15, 0.2) is 5.82 Å². The van der Waals surface area contributed by atoms with E-state index < -0.39 is 11.7 Å². The lowest BCUT2D eigenvalue weighted by Gasteiger charge is -2.21. The summed E-state index contributed by atoms with van der Waals surface area (Å²) in [4.78, 5) is 22.5. The summed E-state index contributed by atoms with van der Waals surface area (Å²) in [6.45, 7) is 5.97. The third-order valence-corrected chi connectivity index (χ3v) is 5.66. The first-order valence-corrected chi connectivity index (χ1v) is 11.5. The van der Waals surface area contributed by atoms with Crippen molar-refractivity contribution in [3.8, 4) is 0 Å². The molecule has 0 radical (unpaired) electrons. The van der Waals surface area contributed by atoms with E-state index in [0.717, 1.165) is 50.3 Å². The summed E-state index contributed by atoms with van der Waals surface area (Å²) in [7, 11) is 2.08. The maximum Gasteiger partial charge on any atom is 0.416 e. The zero-order valence-corrected chi connectivity index (χ0v) is 19.8. The molecule has 0 bridgehead atoms. The number of hydrogen-bond acceptors (Lipinski definition) is 7. The van der Waals surface area contributed by atoms with Crippen molar-refractivity contribution in [2.45, 2.75) is 19.5 Å². The highest BCUT2D eigenvalue weighted by molar-refractivity contribution is 6.05. The van der Waals surface area contributed by atoms with Crippen LogP contribution in [-0.4, -0.2) is 65.5 Å². The van der Waals surface area contributed by atoms with Gasteiger partial charge in [0.05, 0.1) is 12.1 Å². The summed E-state index contributed by atoms with van der Waals surface area (Å²) in [5, 5.41) is 3.16. The minimum absolute atomic E-state index is 0.341. The molecule has 184 valence electrons. The van der Waals surface area contributed by atoms with Gasteiger partial charge in [-0.05, 0) is 62.4 Å². The van der Waals surface area contributed by atoms with E-state index >= 15 is 0 Å². The number of halogens is 3. The minimum atomic E-state index is -4.40. The van der Waals surface area contributed by atoms with Crippen LogP contribution in [0.2, 0.25) is 0 Å². The number of aromatic nitrogens is 3. The van der Waals surface area contributed by atoms with Crippen molar-refractivity contribution in [2.75, 3.05) is 50.0 Å². The number of benzene rings is 1. The molecule has 2 aromatic rings. The Hall–Kier alpha value is -3.53. The van der Waals surface area contributed by atoms with Gasteiger partial charge in [0.1, 0.15) is 5.84 Å². The SMILES string of the molecule is C/C=C/C1=CC(Nc2nc(/C=C/c3cccc(C(F)(F)F)c3)nc(N3CCCN(C)CC3)n2)=NC1. The predicted octanol–water partition coefficient (Wildman–Crippen LogP) is 4.53. The van der Waals surface area contributed by atoms with Crippen LogP contribution in [-0.2, 0) is 6.18 Å². The summed E-state index contributed by atoms with van der Waals surface area (Å²) >= 11 is 0. The number of nitrogens with zero attached hydrogens (tertiary/aromatic N) is 6. The summed E-state index contributed by atoms with van der Waals surface area (Å²) < 4.78 is 39.2. The molecule has 0 amide bonds. The average Bonchev–Trinajstić information content (AvgIpc) is 3.14. The summed E-state index contributed by atoms with van der Waals surface area (Å²) in [5.74, 6) is 1.87. The number of likely N-dealkylation sites (N-methyl/N-ethyl adjacent to an activating group) is 1. The van der Waals surface area contributed by atoms with Crippen LogP contribution in [0.3, 0.4) is 0 Å². The molecule has 1 N–H and O–H groups in total. The highest BCUT2D eigenvalue weighted by atomic mass is 19.4. The Bertz CT molecular complexity index is 1170. The van der Waals surface area contributed by atoms with Gasteiger partial charge in [0, 0.05) is 19.6 Å². The van der Waals surface area contributed by atoms with E-state index in [2.05, 4.69) is 42.1 Å². The van der Waals surface area contributed by atoms with E-state index in [-0.39, 0.29) is 0 Å². The molecule has 35 heavy (non-hydrogen) atoms. The lowest BCUT2D eigenvalue weighted by Crippen LogP contribution is -2.30. The third kappa shape index (κ3) is 6.75. The lowest BCUT2D eigenvalue weighted by atomic mass is 10.1. The summed E-state index contributed by atoms with van der Waals surface area (Å²) in [6, 6.07) is 5.14. The first kappa shape index (κ1) is 24.6. The molecule has 0 spiro atoms. The van der Waals surface area contributed by atoms with Crippen LogP contribution >= 0.6 is 0 Å². The van der Waals surface area contributed by atoms with Crippen molar-refractivity contribution >= 4 is 29.9 Å². The second kappa shape index (κ2) is 10.8. The Morgan fingerprint density at radius 2 is 1.86 bits per heavy atom. The van der Waals surface area contributed by atoms with E-state index in [0.29, 0.717) is 35.7 Å². The van der Waals surface area contributed by atoms with Gasteiger partial charge in [-0.2, -0.15) is 28.1 Å². The van der Waals surface area contributed by atoms with E-state index in [9.17, 15) is 13.2 Å². The van der Waals surface area contributed by atoms with Crippen LogP contribution in [0.5, 0.6) is 0 Å². The number of hydrogen-bond donors (Lipinski definition) is 1. The van der Waals surface area contributed by atoms with Gasteiger partial charge in [-0.15, -0.1) is 0 Å². The van der Waals surface area contributed by atoms with Gasteiger partial charge in [-0.25, -0.2) is 0 Å². The molecule has 0 unspecified atom stereocenters. The molecule has 2 aliphatic heterocycles. The molecule has 1 aromatic heterocycles. The number of anilines is 2. The standard InChI is InChI=1S/C25H28F3N7/c1-3-6-19-16-22(29-17-19)31-23-30-21(10-9-18-7-4-8-20(15-18)25(26,27)28)32-24(33-23)35-12-5-11-34(2)13-14-35/h3-4,6-10,15-16H,5,11-14,17H2,1-2H3,(H,29,30,31,32,33)/b6-3+,10-9+. The molecule has 0 aliphatic carbocycles. The van der Waals surface area contributed by atoms with Crippen molar-refractivity contribution in [1.29, 1.82) is 0 Å². The minimum Gasteiger partial charge on any atom is -0.339 e. The predicted molar refractivity (Wildman–Crippen MR) is 133 cm³/mol. The van der Waals surface area contributed by atoms with Gasteiger partial charge >= 0.3 is 6.18 Å². The van der Waals surface area contributed by atoms with E-state index in [4.69, 9.17) is 0 Å². The summed E-state index contributed by atoms with van der Waals surface area (Å²) in [5.41, 5.74) is 0.784. The normalized spacial score (nSPS) is 17.7. The van der Waals surface area contributed by atoms with Crippen molar-refractivity contribution < 1.29 is 13.2 Å². The van der Waals surface area contributed by atoms with Crippen LogP contribution in [0, 0.1) is 0 Å². The fraction of sp³-hybridized carbons (Fsp3) is 0.360. The van der Waals surface area contributed by atoms with Crippen molar-refractivity contribution in [2.24, 2.45) is 4.99 Å². The maximum absolute atomic E-state index is 13.1. The third-order valence-electron chi connectivity index (χ3n) is 5.66. The van der Waals surface area contributed by atoms with Crippen molar-refractivity contribution in [3.63, 3.8) is 0 Å². The largest absolute Gasteiger partial charge is 0.416 e. The Labute approximate surface area is 202 Å². The van der Waals surface area contributed by atoms with Crippen LogP contribution in [0.25, 0.3) is 12.2 Å². The lowest BCUT2D eigenvalue weighted by molar-refractivity contribution is -0.137. The van der Waals surface area contributed by atoms with Gasteiger partial charge in [-0.3, -0.25) is 4.99 Å². The molecule has 7 nitrogen and oxygen atoms in total.